The fraction of sp³-hybridized carbons (Fsp3) is 0.522. The molecule has 2 aromatic rings. The van der Waals surface area contributed by atoms with Gasteiger partial charge >= 0.3 is 0 Å². The minimum atomic E-state index is -0.321. The number of carbonyl (C=O) groups is 1. The number of ether oxygens (including phenoxy) is 2. The first kappa shape index (κ1) is 19.3. The Kier molecular flexibility index (Phi) is 4.84. The summed E-state index contributed by atoms with van der Waals surface area (Å²) in [4.78, 5) is 14.5. The molecule has 0 atom stereocenters. The highest BCUT2D eigenvalue weighted by Crippen LogP contribution is 2.48. The standard InChI is InChI=1S/C23H26N4O3/c1-16-11-18(6-5-17-3-4-17)7-8-19(16)22(28)26(2)20-12-27(25-24-20)13-21-29-14-23(9-10-23)15-30-21/h7-8,11-12,17,21H,3-4,9-10,13-15H2,1-2H3. The van der Waals surface area contributed by atoms with E-state index < -0.39 is 0 Å². The highest BCUT2D eigenvalue weighted by molar-refractivity contribution is 6.06. The molecule has 1 spiro atoms. The molecule has 7 heteroatoms. The van der Waals surface area contributed by atoms with Crippen LogP contribution < -0.4 is 4.90 Å². The molecule has 1 aliphatic heterocycles. The molecule has 1 aromatic heterocycles. The van der Waals surface area contributed by atoms with E-state index in [4.69, 9.17) is 9.47 Å². The molecule has 0 N–H and O–H groups in total. The molecule has 2 aliphatic carbocycles. The second kappa shape index (κ2) is 7.53. The van der Waals surface area contributed by atoms with Gasteiger partial charge < -0.3 is 9.47 Å². The Hall–Kier alpha value is -2.69. The third-order valence-electron chi connectivity index (χ3n) is 6.07. The van der Waals surface area contributed by atoms with Gasteiger partial charge in [0, 0.05) is 29.5 Å². The Morgan fingerprint density at radius 3 is 2.73 bits per heavy atom. The summed E-state index contributed by atoms with van der Waals surface area (Å²) in [7, 11) is 1.71. The number of carbonyl (C=O) groups excluding carboxylic acids is 1. The highest BCUT2D eigenvalue weighted by atomic mass is 16.7. The van der Waals surface area contributed by atoms with Crippen LogP contribution in [0.2, 0.25) is 0 Å². The van der Waals surface area contributed by atoms with Crippen LogP contribution in [0.5, 0.6) is 0 Å². The topological polar surface area (TPSA) is 69.5 Å². The quantitative estimate of drug-likeness (QED) is 0.731. The average Bonchev–Trinajstić information content (AvgIpc) is 3.67. The third kappa shape index (κ3) is 4.11. The Bertz CT molecular complexity index is 1020. The highest BCUT2D eigenvalue weighted by Gasteiger charge is 2.47. The summed E-state index contributed by atoms with van der Waals surface area (Å²) in [5.41, 5.74) is 2.76. The summed E-state index contributed by atoms with van der Waals surface area (Å²) in [6.07, 6.45) is 6.21. The molecule has 1 amide bonds. The molecule has 156 valence electrons. The van der Waals surface area contributed by atoms with Gasteiger partial charge in [0.2, 0.25) is 0 Å². The smallest absolute Gasteiger partial charge is 0.259 e. The first-order chi connectivity index (χ1) is 14.5. The van der Waals surface area contributed by atoms with Gasteiger partial charge in [-0.25, -0.2) is 4.68 Å². The van der Waals surface area contributed by atoms with Crippen molar-refractivity contribution in [3.63, 3.8) is 0 Å². The summed E-state index contributed by atoms with van der Waals surface area (Å²) in [5, 5.41) is 8.29. The Balaban J connectivity index is 1.23. The normalized spacial score (nSPS) is 19.9. The number of hydrogen-bond donors (Lipinski definition) is 0. The molecule has 7 nitrogen and oxygen atoms in total. The largest absolute Gasteiger partial charge is 0.350 e. The number of amides is 1. The molecule has 1 saturated heterocycles. The van der Waals surface area contributed by atoms with Crippen LogP contribution >= 0.6 is 0 Å². The van der Waals surface area contributed by atoms with Gasteiger partial charge in [-0.2, -0.15) is 0 Å². The fourth-order valence-electron chi connectivity index (χ4n) is 3.56. The minimum absolute atomic E-state index is 0.123. The summed E-state index contributed by atoms with van der Waals surface area (Å²) >= 11 is 0. The maximum absolute atomic E-state index is 13.0. The molecule has 5 rings (SSSR count). The van der Waals surface area contributed by atoms with E-state index in [2.05, 4.69) is 22.2 Å². The van der Waals surface area contributed by atoms with Gasteiger partial charge in [0.1, 0.15) is 0 Å². The van der Waals surface area contributed by atoms with Gasteiger partial charge in [-0.05, 0) is 56.4 Å². The van der Waals surface area contributed by atoms with Crippen molar-refractivity contribution in [3.05, 3.63) is 41.1 Å². The van der Waals surface area contributed by atoms with Crippen LogP contribution in [0.1, 0.15) is 47.2 Å². The van der Waals surface area contributed by atoms with E-state index in [0.29, 0.717) is 23.8 Å². The van der Waals surface area contributed by atoms with Crippen molar-refractivity contribution in [1.29, 1.82) is 0 Å². The first-order valence-corrected chi connectivity index (χ1v) is 10.5. The lowest BCUT2D eigenvalue weighted by molar-refractivity contribution is -0.213. The number of nitrogens with zero attached hydrogens (tertiary/aromatic N) is 4. The molecule has 0 unspecified atom stereocenters. The number of benzene rings is 1. The predicted molar refractivity (Wildman–Crippen MR) is 111 cm³/mol. The molecule has 3 aliphatic rings. The van der Waals surface area contributed by atoms with Gasteiger partial charge in [-0.15, -0.1) is 5.10 Å². The molecular weight excluding hydrogens is 380 g/mol. The van der Waals surface area contributed by atoms with Crippen LogP contribution in [0, 0.1) is 30.1 Å². The van der Waals surface area contributed by atoms with E-state index in [-0.39, 0.29) is 17.6 Å². The van der Waals surface area contributed by atoms with E-state index >= 15 is 0 Å². The van der Waals surface area contributed by atoms with E-state index in [1.807, 2.05) is 25.1 Å². The SMILES string of the molecule is Cc1cc(C#CC2CC2)ccc1C(=O)N(C)c1cn(CC2OCC3(CC3)CO2)nn1. The first-order valence-electron chi connectivity index (χ1n) is 10.5. The lowest BCUT2D eigenvalue weighted by Gasteiger charge is -2.29. The second-order valence-electron chi connectivity index (χ2n) is 8.79. The lowest BCUT2D eigenvalue weighted by atomic mass is 10.0. The minimum Gasteiger partial charge on any atom is -0.350 e. The molecule has 0 radical (unpaired) electrons. The van der Waals surface area contributed by atoms with Crippen molar-refractivity contribution in [2.75, 3.05) is 25.2 Å². The molecular formula is C23H26N4O3. The Labute approximate surface area is 176 Å². The van der Waals surface area contributed by atoms with Crippen molar-refractivity contribution in [2.24, 2.45) is 11.3 Å². The molecule has 3 fully saturated rings. The zero-order chi connectivity index (χ0) is 20.7. The fourth-order valence-corrected chi connectivity index (χ4v) is 3.56. The monoisotopic (exact) mass is 406 g/mol. The molecule has 1 aromatic carbocycles. The van der Waals surface area contributed by atoms with Crippen LogP contribution in [0.25, 0.3) is 0 Å². The molecule has 2 saturated carbocycles. The van der Waals surface area contributed by atoms with Crippen LogP contribution in [0.3, 0.4) is 0 Å². The van der Waals surface area contributed by atoms with E-state index in [9.17, 15) is 4.79 Å². The van der Waals surface area contributed by atoms with Crippen molar-refractivity contribution >= 4 is 11.7 Å². The zero-order valence-corrected chi connectivity index (χ0v) is 17.4. The Morgan fingerprint density at radius 2 is 2.07 bits per heavy atom. The van der Waals surface area contributed by atoms with Gasteiger partial charge in [-0.3, -0.25) is 9.69 Å². The van der Waals surface area contributed by atoms with E-state index in [1.54, 1.807) is 17.9 Å². The van der Waals surface area contributed by atoms with Crippen LogP contribution in [-0.2, 0) is 16.0 Å². The third-order valence-corrected chi connectivity index (χ3v) is 6.07. The zero-order valence-electron chi connectivity index (χ0n) is 17.4. The summed E-state index contributed by atoms with van der Waals surface area (Å²) in [6.45, 7) is 3.89. The summed E-state index contributed by atoms with van der Waals surface area (Å²) < 4.78 is 13.3. The average molecular weight is 406 g/mol. The van der Waals surface area contributed by atoms with Crippen molar-refractivity contribution < 1.29 is 14.3 Å². The van der Waals surface area contributed by atoms with Gasteiger partial charge in [-0.1, -0.05) is 17.1 Å². The number of rotatable bonds is 4. The maximum atomic E-state index is 13.0. The van der Waals surface area contributed by atoms with Crippen molar-refractivity contribution in [1.82, 2.24) is 15.0 Å². The van der Waals surface area contributed by atoms with Gasteiger partial charge in [0.15, 0.2) is 12.1 Å². The van der Waals surface area contributed by atoms with E-state index in [0.717, 1.165) is 24.3 Å². The molecule has 2 heterocycles. The number of aryl methyl sites for hydroxylation is 1. The lowest BCUT2D eigenvalue weighted by Crippen LogP contribution is -2.36. The number of aromatic nitrogens is 3. The summed E-state index contributed by atoms with van der Waals surface area (Å²) in [6, 6.07) is 5.72. The Morgan fingerprint density at radius 1 is 1.30 bits per heavy atom. The molecule has 30 heavy (non-hydrogen) atoms. The second-order valence-corrected chi connectivity index (χ2v) is 8.79. The summed E-state index contributed by atoms with van der Waals surface area (Å²) in [5.74, 6) is 7.38. The van der Waals surface area contributed by atoms with Crippen LogP contribution in [0.15, 0.2) is 24.4 Å². The van der Waals surface area contributed by atoms with Crippen molar-refractivity contribution in [2.45, 2.75) is 45.4 Å². The maximum Gasteiger partial charge on any atom is 0.259 e. The number of anilines is 1. The van der Waals surface area contributed by atoms with Gasteiger partial charge in [0.25, 0.3) is 5.91 Å². The van der Waals surface area contributed by atoms with E-state index in [1.165, 1.54) is 30.6 Å². The van der Waals surface area contributed by atoms with Crippen LogP contribution in [-0.4, -0.2) is 47.5 Å². The molecule has 0 bridgehead atoms. The van der Waals surface area contributed by atoms with Crippen molar-refractivity contribution in [3.8, 4) is 11.8 Å². The van der Waals surface area contributed by atoms with Gasteiger partial charge in [0.05, 0.1) is 26.0 Å². The number of hydrogen-bond acceptors (Lipinski definition) is 5. The predicted octanol–water partition coefficient (Wildman–Crippen LogP) is 2.78. The van der Waals surface area contributed by atoms with Crippen LogP contribution in [0.4, 0.5) is 5.82 Å².